The van der Waals surface area contributed by atoms with Crippen LogP contribution in [0.5, 0.6) is 0 Å². The van der Waals surface area contributed by atoms with Gasteiger partial charge in [0.25, 0.3) is 0 Å². The van der Waals surface area contributed by atoms with Gasteiger partial charge in [-0.25, -0.2) is 4.98 Å². The molecule has 1 atom stereocenters. The number of rotatable bonds is 7. The second-order valence-corrected chi connectivity index (χ2v) is 8.36. The zero-order chi connectivity index (χ0) is 24.1. The number of nitriles is 1. The SMILES string of the molecule is COC(c1ccc(C#N)cc1)c1cn(C(c2ccccc2)(c2ccccc2)c2ccccc2)cn1. The molecule has 0 amide bonds. The molecule has 0 N–H and O–H groups in total. The molecule has 0 spiro atoms. The minimum atomic E-state index is -0.627. The molecule has 0 radical (unpaired) electrons. The molecule has 4 heteroatoms. The van der Waals surface area contributed by atoms with Crippen molar-refractivity contribution in [3.63, 3.8) is 0 Å². The number of imidazole rings is 1. The Bertz CT molecular complexity index is 1320. The Morgan fingerprint density at radius 1 is 0.743 bits per heavy atom. The minimum Gasteiger partial charge on any atom is -0.370 e. The number of hydrogen-bond acceptors (Lipinski definition) is 3. The van der Waals surface area contributed by atoms with Gasteiger partial charge in [0.2, 0.25) is 0 Å². The van der Waals surface area contributed by atoms with Gasteiger partial charge in [0, 0.05) is 13.3 Å². The van der Waals surface area contributed by atoms with E-state index >= 15 is 0 Å². The van der Waals surface area contributed by atoms with Crippen LogP contribution in [0, 0.1) is 11.3 Å². The van der Waals surface area contributed by atoms with Gasteiger partial charge in [-0.05, 0) is 34.4 Å². The average molecular weight is 456 g/mol. The molecule has 0 aliphatic carbocycles. The summed E-state index contributed by atoms with van der Waals surface area (Å²) >= 11 is 0. The van der Waals surface area contributed by atoms with Gasteiger partial charge in [0.1, 0.15) is 11.6 Å². The summed E-state index contributed by atoms with van der Waals surface area (Å²) < 4.78 is 8.06. The zero-order valence-electron chi connectivity index (χ0n) is 19.5. The number of hydrogen-bond donors (Lipinski definition) is 0. The van der Waals surface area contributed by atoms with Crippen molar-refractivity contribution in [2.24, 2.45) is 0 Å². The first-order valence-electron chi connectivity index (χ1n) is 11.5. The molecule has 1 heterocycles. The van der Waals surface area contributed by atoms with Crippen LogP contribution in [-0.2, 0) is 10.3 Å². The van der Waals surface area contributed by atoms with Gasteiger partial charge in [-0.3, -0.25) is 0 Å². The lowest BCUT2D eigenvalue weighted by Crippen LogP contribution is -2.37. The van der Waals surface area contributed by atoms with Crippen molar-refractivity contribution in [2.45, 2.75) is 11.6 Å². The van der Waals surface area contributed by atoms with Crippen LogP contribution >= 0.6 is 0 Å². The summed E-state index contributed by atoms with van der Waals surface area (Å²) in [7, 11) is 1.68. The van der Waals surface area contributed by atoms with Crippen LogP contribution in [-0.4, -0.2) is 16.7 Å². The van der Waals surface area contributed by atoms with Crippen LogP contribution < -0.4 is 0 Å². The Kier molecular flexibility index (Phi) is 6.26. The molecule has 170 valence electrons. The smallest absolute Gasteiger partial charge is 0.126 e. The number of aromatic nitrogens is 2. The summed E-state index contributed by atoms with van der Waals surface area (Å²) in [4.78, 5) is 4.82. The predicted octanol–water partition coefficient (Wildman–Crippen LogP) is 6.33. The van der Waals surface area contributed by atoms with E-state index in [1.54, 1.807) is 19.2 Å². The quantitative estimate of drug-likeness (QED) is 0.269. The first-order valence-corrected chi connectivity index (χ1v) is 11.5. The van der Waals surface area contributed by atoms with Crippen LogP contribution in [0.3, 0.4) is 0 Å². The highest BCUT2D eigenvalue weighted by Gasteiger charge is 2.38. The predicted molar refractivity (Wildman–Crippen MR) is 137 cm³/mol. The third kappa shape index (κ3) is 4.03. The van der Waals surface area contributed by atoms with E-state index in [0.29, 0.717) is 5.56 Å². The van der Waals surface area contributed by atoms with Crippen molar-refractivity contribution in [2.75, 3.05) is 7.11 Å². The molecule has 0 aliphatic heterocycles. The van der Waals surface area contributed by atoms with E-state index in [1.807, 2.05) is 36.7 Å². The van der Waals surface area contributed by atoms with Crippen LogP contribution in [0.15, 0.2) is 128 Å². The van der Waals surface area contributed by atoms with Crippen molar-refractivity contribution in [3.05, 3.63) is 161 Å². The monoisotopic (exact) mass is 455 g/mol. The standard InChI is InChI=1S/C31H25N3O/c1-35-30(25-19-17-24(21-32)18-20-25)29-22-34(23-33-29)31(26-11-5-2-6-12-26,27-13-7-3-8-14-27)28-15-9-4-10-16-28/h2-20,22-23,30H,1H3. The van der Waals surface area contributed by atoms with E-state index in [0.717, 1.165) is 27.9 Å². The fourth-order valence-corrected chi connectivity index (χ4v) is 4.80. The van der Waals surface area contributed by atoms with Crippen molar-refractivity contribution >= 4 is 0 Å². The average Bonchev–Trinajstić information content (AvgIpc) is 3.42. The van der Waals surface area contributed by atoms with Gasteiger partial charge < -0.3 is 9.30 Å². The largest absolute Gasteiger partial charge is 0.370 e. The highest BCUT2D eigenvalue weighted by Crippen LogP contribution is 2.41. The second-order valence-electron chi connectivity index (χ2n) is 8.36. The molecule has 1 aromatic heterocycles. The summed E-state index contributed by atoms with van der Waals surface area (Å²) in [6.07, 6.45) is 3.60. The first kappa shape index (κ1) is 22.3. The highest BCUT2D eigenvalue weighted by atomic mass is 16.5. The highest BCUT2D eigenvalue weighted by molar-refractivity contribution is 5.51. The summed E-state index contributed by atoms with van der Waals surface area (Å²) in [6, 6.07) is 41.1. The molecule has 4 nitrogen and oxygen atoms in total. The van der Waals surface area contributed by atoms with E-state index in [4.69, 9.17) is 15.0 Å². The molecule has 5 aromatic rings. The lowest BCUT2D eigenvalue weighted by atomic mass is 9.77. The Labute approximate surface area is 205 Å². The lowest BCUT2D eigenvalue weighted by molar-refractivity contribution is 0.133. The van der Waals surface area contributed by atoms with Gasteiger partial charge in [-0.15, -0.1) is 0 Å². The van der Waals surface area contributed by atoms with E-state index in [2.05, 4.69) is 89.6 Å². The molecular formula is C31H25N3O. The number of nitrogens with zero attached hydrogens (tertiary/aromatic N) is 3. The van der Waals surface area contributed by atoms with Crippen molar-refractivity contribution in [3.8, 4) is 6.07 Å². The number of methoxy groups -OCH3 is 1. The Morgan fingerprint density at radius 2 is 1.23 bits per heavy atom. The maximum absolute atomic E-state index is 9.16. The maximum atomic E-state index is 9.16. The third-order valence-corrected chi connectivity index (χ3v) is 6.41. The van der Waals surface area contributed by atoms with Gasteiger partial charge in [-0.2, -0.15) is 5.26 Å². The van der Waals surface area contributed by atoms with Gasteiger partial charge >= 0.3 is 0 Å². The van der Waals surface area contributed by atoms with Gasteiger partial charge in [-0.1, -0.05) is 103 Å². The lowest BCUT2D eigenvalue weighted by Gasteiger charge is -2.37. The Hall–Kier alpha value is -4.46. The van der Waals surface area contributed by atoms with Crippen LogP contribution in [0.1, 0.15) is 39.6 Å². The number of ether oxygens (including phenoxy) is 1. The minimum absolute atomic E-state index is 0.357. The number of benzene rings is 4. The van der Waals surface area contributed by atoms with Gasteiger partial charge in [0.15, 0.2) is 0 Å². The van der Waals surface area contributed by atoms with Gasteiger partial charge in [0.05, 0.1) is 23.7 Å². The summed E-state index contributed by atoms with van der Waals surface area (Å²) in [5.41, 5.74) is 5.13. The molecule has 0 fully saturated rings. The topological polar surface area (TPSA) is 50.8 Å². The van der Waals surface area contributed by atoms with E-state index in [-0.39, 0.29) is 6.10 Å². The third-order valence-electron chi connectivity index (χ3n) is 6.41. The Balaban J connectivity index is 1.72. The van der Waals surface area contributed by atoms with E-state index in [1.165, 1.54) is 0 Å². The maximum Gasteiger partial charge on any atom is 0.126 e. The van der Waals surface area contributed by atoms with Crippen LogP contribution in [0.25, 0.3) is 0 Å². The van der Waals surface area contributed by atoms with Crippen LogP contribution in [0.2, 0.25) is 0 Å². The molecular weight excluding hydrogens is 430 g/mol. The molecule has 4 aromatic carbocycles. The molecule has 5 rings (SSSR count). The second kappa shape index (κ2) is 9.80. The zero-order valence-corrected chi connectivity index (χ0v) is 19.5. The molecule has 35 heavy (non-hydrogen) atoms. The van der Waals surface area contributed by atoms with E-state index < -0.39 is 5.54 Å². The molecule has 0 saturated carbocycles. The van der Waals surface area contributed by atoms with Crippen LogP contribution in [0.4, 0.5) is 0 Å². The molecule has 0 aliphatic rings. The molecule has 0 bridgehead atoms. The van der Waals surface area contributed by atoms with Crippen molar-refractivity contribution in [1.29, 1.82) is 5.26 Å². The fraction of sp³-hybridized carbons (Fsp3) is 0.0968. The molecule has 0 saturated heterocycles. The van der Waals surface area contributed by atoms with E-state index in [9.17, 15) is 0 Å². The fourth-order valence-electron chi connectivity index (χ4n) is 4.80. The van der Waals surface area contributed by atoms with Crippen molar-refractivity contribution < 1.29 is 4.74 Å². The normalized spacial score (nSPS) is 12.1. The summed E-state index contributed by atoms with van der Waals surface area (Å²) in [6.45, 7) is 0. The van der Waals surface area contributed by atoms with Crippen molar-refractivity contribution in [1.82, 2.24) is 9.55 Å². The Morgan fingerprint density at radius 3 is 1.66 bits per heavy atom. The molecule has 1 unspecified atom stereocenters. The summed E-state index contributed by atoms with van der Waals surface area (Å²) in [5.74, 6) is 0. The first-order chi connectivity index (χ1) is 17.3. The summed E-state index contributed by atoms with van der Waals surface area (Å²) in [5, 5.41) is 9.16.